The number of rotatable bonds is 7. The highest BCUT2D eigenvalue weighted by Crippen LogP contribution is 2.15. The van der Waals surface area contributed by atoms with Crippen molar-refractivity contribution in [3.05, 3.63) is 77.1 Å². The number of carbonyl (C=O) groups is 1. The van der Waals surface area contributed by atoms with Crippen molar-refractivity contribution < 1.29 is 4.79 Å². The molecule has 28 heavy (non-hydrogen) atoms. The van der Waals surface area contributed by atoms with E-state index in [1.54, 1.807) is 0 Å². The van der Waals surface area contributed by atoms with Gasteiger partial charge in [-0.15, -0.1) is 0 Å². The molecule has 0 saturated carbocycles. The Balaban J connectivity index is 1.31. The fraction of sp³-hybridized carbons (Fsp3) is 0.211. The second-order valence-electron chi connectivity index (χ2n) is 6.34. The van der Waals surface area contributed by atoms with Crippen LogP contribution in [-0.4, -0.2) is 41.8 Å². The second kappa shape index (κ2) is 7.87. The van der Waals surface area contributed by atoms with E-state index < -0.39 is 11.5 Å². The van der Waals surface area contributed by atoms with Crippen LogP contribution >= 0.6 is 0 Å². The number of carbonyl (C=O) groups excluding carboxylic acids is 1. The lowest BCUT2D eigenvalue weighted by Crippen LogP contribution is -2.31. The summed E-state index contributed by atoms with van der Waals surface area (Å²) in [5.74, 6) is -0.0232. The van der Waals surface area contributed by atoms with E-state index in [2.05, 4.69) is 48.1 Å². The van der Waals surface area contributed by atoms with Gasteiger partial charge in [0.15, 0.2) is 0 Å². The molecule has 142 valence electrons. The Bertz CT molecular complexity index is 1140. The van der Waals surface area contributed by atoms with Crippen molar-refractivity contribution in [2.75, 3.05) is 6.54 Å². The van der Waals surface area contributed by atoms with Gasteiger partial charge in [-0.1, -0.05) is 18.2 Å². The third-order valence-electron chi connectivity index (χ3n) is 4.42. The Morgan fingerprint density at radius 1 is 1.21 bits per heavy atom. The molecule has 0 aliphatic carbocycles. The summed E-state index contributed by atoms with van der Waals surface area (Å²) >= 11 is 0. The van der Waals surface area contributed by atoms with Crippen molar-refractivity contribution in [1.29, 1.82) is 0 Å². The van der Waals surface area contributed by atoms with E-state index in [1.165, 1.54) is 28.9 Å². The van der Waals surface area contributed by atoms with Crippen molar-refractivity contribution >= 4 is 16.8 Å². The van der Waals surface area contributed by atoms with E-state index >= 15 is 0 Å². The van der Waals surface area contributed by atoms with Gasteiger partial charge in [0.05, 0.1) is 0 Å². The maximum absolute atomic E-state index is 12.3. The summed E-state index contributed by atoms with van der Waals surface area (Å²) in [6, 6.07) is 10.2. The van der Waals surface area contributed by atoms with Gasteiger partial charge < -0.3 is 14.9 Å². The fourth-order valence-corrected chi connectivity index (χ4v) is 3.02. The molecule has 3 aromatic heterocycles. The highest BCUT2D eigenvalue weighted by molar-refractivity contribution is 5.93. The zero-order chi connectivity index (χ0) is 19.3. The normalized spacial score (nSPS) is 11.0. The van der Waals surface area contributed by atoms with Crippen LogP contribution in [0, 0.1) is 0 Å². The van der Waals surface area contributed by atoms with Crippen LogP contribution < -0.4 is 10.9 Å². The maximum Gasteiger partial charge on any atom is 0.263 e. The first kappa shape index (κ1) is 17.7. The van der Waals surface area contributed by atoms with E-state index in [1.807, 2.05) is 18.3 Å². The van der Waals surface area contributed by atoms with Crippen LogP contribution in [0.15, 0.2) is 60.2 Å². The van der Waals surface area contributed by atoms with Gasteiger partial charge in [0.2, 0.25) is 0 Å². The minimum atomic E-state index is -0.473. The molecule has 9 nitrogen and oxygen atoms in total. The van der Waals surface area contributed by atoms with Gasteiger partial charge in [0, 0.05) is 31.0 Å². The first-order chi connectivity index (χ1) is 13.7. The Labute approximate surface area is 160 Å². The molecule has 3 heterocycles. The highest BCUT2D eigenvalue weighted by Gasteiger charge is 2.12. The quantitative estimate of drug-likeness (QED) is 0.470. The average Bonchev–Trinajstić information content (AvgIpc) is 3.35. The molecule has 1 aromatic carbocycles. The largest absolute Gasteiger partial charge is 0.352 e. The number of aromatic nitrogens is 6. The van der Waals surface area contributed by atoms with Gasteiger partial charge in [0.1, 0.15) is 30.6 Å². The molecular formula is C19H19N7O2. The summed E-state index contributed by atoms with van der Waals surface area (Å²) in [7, 11) is 0. The van der Waals surface area contributed by atoms with Gasteiger partial charge in [-0.25, -0.2) is 14.6 Å². The highest BCUT2D eigenvalue weighted by atomic mass is 16.2. The van der Waals surface area contributed by atoms with Crippen molar-refractivity contribution in [2.45, 2.75) is 19.5 Å². The molecule has 0 unspecified atom stereocenters. The Morgan fingerprint density at radius 2 is 2.11 bits per heavy atom. The number of aryl methyl sites for hydroxylation is 1. The first-order valence-electron chi connectivity index (χ1n) is 8.93. The number of fused-ring (bicyclic) bond motifs is 1. The van der Waals surface area contributed by atoms with Gasteiger partial charge in [-0.05, 0) is 23.9 Å². The summed E-state index contributed by atoms with van der Waals surface area (Å²) < 4.78 is 3.68. The van der Waals surface area contributed by atoms with E-state index in [4.69, 9.17) is 0 Å². The van der Waals surface area contributed by atoms with Crippen LogP contribution in [0.1, 0.15) is 22.6 Å². The maximum atomic E-state index is 12.3. The van der Waals surface area contributed by atoms with Crippen LogP contribution in [0.2, 0.25) is 0 Å². The zero-order valence-electron chi connectivity index (χ0n) is 15.1. The number of benzene rings is 1. The molecule has 0 saturated heterocycles. The van der Waals surface area contributed by atoms with Crippen molar-refractivity contribution in [3.63, 3.8) is 0 Å². The predicted molar refractivity (Wildman–Crippen MR) is 103 cm³/mol. The van der Waals surface area contributed by atoms with Gasteiger partial charge in [0.25, 0.3) is 11.5 Å². The smallest absolute Gasteiger partial charge is 0.263 e. The lowest BCUT2D eigenvalue weighted by Gasteiger charge is -2.07. The summed E-state index contributed by atoms with van der Waals surface area (Å²) in [6.45, 7) is 1.52. The molecule has 1 amide bonds. The number of nitrogens with zero attached hydrogens (tertiary/aromatic N) is 5. The van der Waals surface area contributed by atoms with Gasteiger partial charge in [-0.2, -0.15) is 5.10 Å². The van der Waals surface area contributed by atoms with E-state index in [0.29, 0.717) is 12.4 Å². The minimum absolute atomic E-state index is 0.00578. The average molecular weight is 377 g/mol. The number of aromatic amines is 1. The van der Waals surface area contributed by atoms with Crippen molar-refractivity contribution in [1.82, 2.24) is 34.6 Å². The summed E-state index contributed by atoms with van der Waals surface area (Å²) in [5.41, 5.74) is 0.685. The molecule has 0 aliphatic rings. The molecule has 0 aliphatic heterocycles. The first-order valence-corrected chi connectivity index (χ1v) is 8.93. The Morgan fingerprint density at radius 3 is 2.93 bits per heavy atom. The molecule has 9 heteroatoms. The van der Waals surface area contributed by atoms with E-state index in [9.17, 15) is 9.59 Å². The molecule has 0 bridgehead atoms. The number of hydrogen-bond acceptors (Lipinski definition) is 5. The minimum Gasteiger partial charge on any atom is -0.352 e. The molecule has 4 aromatic rings. The monoisotopic (exact) mass is 377 g/mol. The number of H-pyrrole nitrogens is 1. The molecule has 0 spiro atoms. The summed E-state index contributed by atoms with van der Waals surface area (Å²) in [5, 5.41) is 7.92. The lowest BCUT2D eigenvalue weighted by atomic mass is 10.2. The standard InChI is InChI=1S/C19H19N7O2/c27-18(15-10-22-17(24-19(15)28)11-26-13-20-12-23-26)21-7-3-8-25-9-6-14-4-1-2-5-16(14)25/h1-2,4-6,9-10,12-13H,3,7-8,11H2,(H,21,27)(H,22,24,28). The van der Waals surface area contributed by atoms with Crippen LogP contribution in [0.3, 0.4) is 0 Å². The summed E-state index contributed by atoms with van der Waals surface area (Å²) in [6.07, 6.45) is 7.00. The van der Waals surface area contributed by atoms with Crippen LogP contribution in [-0.2, 0) is 13.1 Å². The Hall–Kier alpha value is -3.75. The number of amides is 1. The third-order valence-corrected chi connectivity index (χ3v) is 4.42. The fourth-order valence-electron chi connectivity index (χ4n) is 3.02. The van der Waals surface area contributed by atoms with Gasteiger partial charge >= 0.3 is 0 Å². The van der Waals surface area contributed by atoms with Crippen LogP contribution in [0.4, 0.5) is 0 Å². The second-order valence-corrected chi connectivity index (χ2v) is 6.34. The topological polar surface area (TPSA) is 110 Å². The van der Waals surface area contributed by atoms with E-state index in [0.717, 1.165) is 18.5 Å². The number of nitrogens with one attached hydrogen (secondary N) is 2. The Kier molecular flexibility index (Phi) is 4.96. The van der Waals surface area contributed by atoms with Crippen molar-refractivity contribution in [2.24, 2.45) is 0 Å². The van der Waals surface area contributed by atoms with Crippen LogP contribution in [0.5, 0.6) is 0 Å². The molecule has 0 radical (unpaired) electrons. The number of para-hydroxylation sites is 1. The SMILES string of the molecule is O=C(NCCCn1ccc2ccccc21)c1cnc(Cn2cncn2)[nH]c1=O. The summed E-state index contributed by atoms with van der Waals surface area (Å²) in [4.78, 5) is 35.0. The van der Waals surface area contributed by atoms with E-state index in [-0.39, 0.29) is 12.1 Å². The predicted octanol–water partition coefficient (Wildman–Crippen LogP) is 1.18. The molecular weight excluding hydrogens is 358 g/mol. The number of hydrogen-bond donors (Lipinski definition) is 2. The van der Waals surface area contributed by atoms with Crippen LogP contribution in [0.25, 0.3) is 10.9 Å². The third kappa shape index (κ3) is 3.83. The molecule has 2 N–H and O–H groups in total. The molecule has 0 atom stereocenters. The molecule has 4 rings (SSSR count). The molecule has 0 fully saturated rings. The van der Waals surface area contributed by atoms with Crippen molar-refractivity contribution in [3.8, 4) is 0 Å². The lowest BCUT2D eigenvalue weighted by molar-refractivity contribution is 0.0950. The van der Waals surface area contributed by atoms with Gasteiger partial charge in [-0.3, -0.25) is 9.59 Å². The zero-order valence-corrected chi connectivity index (χ0v) is 15.1.